The first-order valence-electron chi connectivity index (χ1n) is 16.9. The van der Waals surface area contributed by atoms with Crippen molar-refractivity contribution in [3.05, 3.63) is 189 Å². The van der Waals surface area contributed by atoms with Crippen molar-refractivity contribution in [2.75, 3.05) is 0 Å². The number of fused-ring (bicyclic) bond motifs is 1. The average Bonchev–Trinajstić information content (AvgIpc) is 3.26. The highest BCUT2D eigenvalue weighted by atomic mass is 19.2. The zero-order valence-corrected chi connectivity index (χ0v) is 30.3. The van der Waals surface area contributed by atoms with E-state index < -0.39 is 144 Å². The number of rotatable bonds is 6. The van der Waals surface area contributed by atoms with Crippen molar-refractivity contribution in [1.82, 2.24) is 0 Å². The molecule has 0 saturated carbocycles. The molecule has 0 aliphatic rings. The summed E-state index contributed by atoms with van der Waals surface area (Å²) >= 11 is 0. The molecule has 328 valence electrons. The van der Waals surface area contributed by atoms with Gasteiger partial charge >= 0.3 is 0 Å². The highest BCUT2D eigenvalue weighted by Crippen LogP contribution is 2.31. The Morgan fingerprint density at radius 1 is 0.349 bits per heavy atom. The summed E-state index contributed by atoms with van der Waals surface area (Å²) in [6.07, 6.45) is -3.31. The Morgan fingerprint density at radius 3 is 0.968 bits per heavy atom. The van der Waals surface area contributed by atoms with Crippen LogP contribution in [0, 0.1) is 123 Å². The van der Waals surface area contributed by atoms with Crippen LogP contribution in [0.2, 0.25) is 0 Å². The molecule has 1 aromatic heterocycles. The lowest BCUT2D eigenvalue weighted by Crippen LogP contribution is -2.81. The maximum absolute atomic E-state index is 15.4. The lowest BCUT2D eigenvalue weighted by atomic mass is 9.12. The third-order valence-corrected chi connectivity index (χ3v) is 9.57. The third-order valence-electron chi connectivity index (χ3n) is 9.57. The number of hydrogen-bond acceptors (Lipinski definition) is 1. The van der Waals surface area contributed by atoms with Gasteiger partial charge in [0.15, 0.2) is 69.8 Å². The highest BCUT2D eigenvalue weighted by Gasteiger charge is 2.52. The summed E-state index contributed by atoms with van der Waals surface area (Å²) in [5.41, 5.74) is -13.1. The summed E-state index contributed by atoms with van der Waals surface area (Å²) in [7, 11) is 0. The van der Waals surface area contributed by atoms with Gasteiger partial charge in [-0.2, -0.15) is 0 Å². The van der Waals surface area contributed by atoms with Crippen molar-refractivity contribution in [3.63, 3.8) is 0 Å². The van der Waals surface area contributed by atoms with Crippen LogP contribution in [-0.2, 0) is 0 Å². The van der Waals surface area contributed by atoms with Gasteiger partial charge in [0.1, 0.15) is 52.7 Å². The van der Waals surface area contributed by atoms with Crippen molar-refractivity contribution < 1.29 is 97.4 Å². The third kappa shape index (κ3) is 7.21. The predicted molar refractivity (Wildman–Crippen MR) is 181 cm³/mol. The van der Waals surface area contributed by atoms with E-state index in [0.717, 1.165) is 11.1 Å². The number of halogens is 20. The molecule has 0 saturated heterocycles. The summed E-state index contributed by atoms with van der Waals surface area (Å²) in [6, 6.07) is 18.3. The number of benzene rings is 6. The highest BCUT2D eigenvalue weighted by molar-refractivity contribution is 7.20. The van der Waals surface area contributed by atoms with Crippen LogP contribution in [0.15, 0.2) is 67.0 Å². The molecule has 7 rings (SSSR count). The van der Waals surface area contributed by atoms with Gasteiger partial charge in [-0.1, -0.05) is 30.3 Å². The first-order chi connectivity index (χ1) is 29.5. The van der Waals surface area contributed by atoms with Crippen LogP contribution >= 0.6 is 0 Å². The summed E-state index contributed by atoms with van der Waals surface area (Å²) in [5.74, 6) is -70.6. The van der Waals surface area contributed by atoms with Gasteiger partial charge in [-0.05, 0) is 36.1 Å². The predicted octanol–water partition coefficient (Wildman–Crippen LogP) is 9.12. The molecule has 0 aliphatic carbocycles. The zero-order valence-electron chi connectivity index (χ0n) is 30.3. The van der Waals surface area contributed by atoms with Crippen molar-refractivity contribution >= 4 is 38.8 Å². The van der Waals surface area contributed by atoms with E-state index in [-0.39, 0.29) is 0 Å². The van der Waals surface area contributed by atoms with Crippen molar-refractivity contribution in [1.29, 1.82) is 0 Å². The molecule has 6 aromatic carbocycles. The molecular weight excluding hydrogens is 901 g/mol. The van der Waals surface area contributed by atoms with Crippen molar-refractivity contribution in [2.45, 2.75) is 6.92 Å². The molecule has 23 heteroatoms. The van der Waals surface area contributed by atoms with Gasteiger partial charge in [0, 0.05) is 10.8 Å². The SMILES string of the molecule is Cc1cccc(O[n+]2ccc3ccccc3c2)c1.Fc1c(F)c(F)c([B-](c2c(F)c(F)c(F)c(F)c2F)(c2c(F)c(F)c(F)c(F)c2F)c2c(F)c(F)c(F)c(F)c2F)c(F)c1F. The topological polar surface area (TPSA) is 13.1 Å². The monoisotopic (exact) mass is 915 g/mol. The van der Waals surface area contributed by atoms with Gasteiger partial charge < -0.3 is 0 Å². The number of nitrogens with zero attached hydrogens (tertiary/aromatic N) is 1. The van der Waals surface area contributed by atoms with E-state index in [4.69, 9.17) is 4.84 Å². The van der Waals surface area contributed by atoms with Crippen LogP contribution in [0.3, 0.4) is 0 Å². The largest absolute Gasteiger partial charge is 0.232 e. The summed E-state index contributed by atoms with van der Waals surface area (Å²) < 4.78 is 296. The van der Waals surface area contributed by atoms with Gasteiger partial charge in [-0.15, -0.1) is 21.9 Å². The lowest BCUT2D eigenvalue weighted by molar-refractivity contribution is -0.874. The molecule has 2 nitrogen and oxygen atoms in total. The molecule has 0 fully saturated rings. The standard InChI is InChI=1S/C24BF20.C16H14NO/c26-5-1(6(27)14(35)21(42)13(5)34)25(2-7(28)15(36)22(43)16(37)8(2)29,3-9(30)17(38)23(44)18(39)10(3)31)4-11(32)19(40)24(45)20(41)12(4)33;1-13-5-4-8-16(11-13)18-17-10-9-14-6-2-3-7-15(14)12-17/h;2-12H,1H3/q-1;+1. The Morgan fingerprint density at radius 2 is 0.651 bits per heavy atom. The minimum Gasteiger partial charge on any atom is -0.232 e. The van der Waals surface area contributed by atoms with E-state index in [0.29, 0.717) is 0 Å². The smallest absolute Gasteiger partial charge is 0.230 e. The van der Waals surface area contributed by atoms with Crippen LogP contribution in [0.25, 0.3) is 10.8 Å². The Bertz CT molecular complexity index is 2630. The fourth-order valence-electron chi connectivity index (χ4n) is 6.84. The number of aryl methyl sites for hydroxylation is 1. The van der Waals surface area contributed by atoms with E-state index in [9.17, 15) is 52.7 Å². The molecule has 0 N–H and O–H groups in total. The quantitative estimate of drug-likeness (QED) is 0.0534. The maximum atomic E-state index is 15.4. The molecule has 7 aromatic rings. The summed E-state index contributed by atoms with van der Waals surface area (Å²) in [6.45, 7) is 2.05. The Labute approximate surface area is 337 Å². The van der Waals surface area contributed by atoms with Gasteiger partial charge in [0.05, 0.1) is 5.39 Å². The molecule has 63 heavy (non-hydrogen) atoms. The maximum Gasteiger partial charge on any atom is 0.230 e. The number of pyridine rings is 1. The minimum absolute atomic E-state index is 0.843. The molecule has 0 unspecified atom stereocenters. The number of aromatic nitrogens is 1. The van der Waals surface area contributed by atoms with Gasteiger partial charge in [0.25, 0.3) is 0 Å². The first kappa shape index (κ1) is 45.7. The Balaban J connectivity index is 0.000000302. The van der Waals surface area contributed by atoms with Crippen molar-refractivity contribution in [2.24, 2.45) is 0 Å². The Hall–Kier alpha value is -6.81. The summed E-state index contributed by atoms with van der Waals surface area (Å²) in [4.78, 5) is 5.78. The lowest BCUT2D eigenvalue weighted by Gasteiger charge is -2.44. The van der Waals surface area contributed by atoms with Crippen LogP contribution in [-0.4, -0.2) is 6.15 Å². The normalized spacial score (nSPS) is 11.6. The molecule has 0 amide bonds. The molecule has 0 radical (unpaired) electrons. The van der Waals surface area contributed by atoms with E-state index in [2.05, 4.69) is 25.1 Å². The van der Waals surface area contributed by atoms with Gasteiger partial charge in [-0.3, -0.25) is 0 Å². The van der Waals surface area contributed by atoms with Gasteiger partial charge in [-0.25, -0.2) is 92.6 Å². The fourth-order valence-corrected chi connectivity index (χ4v) is 6.84. The van der Waals surface area contributed by atoms with E-state index >= 15 is 35.1 Å². The van der Waals surface area contributed by atoms with Crippen molar-refractivity contribution in [3.8, 4) is 5.75 Å². The zero-order chi connectivity index (χ0) is 46.7. The molecule has 0 atom stereocenters. The molecule has 0 spiro atoms. The second-order valence-electron chi connectivity index (χ2n) is 13.1. The van der Waals surface area contributed by atoms with E-state index in [1.807, 2.05) is 48.8 Å². The second-order valence-corrected chi connectivity index (χ2v) is 13.1. The van der Waals surface area contributed by atoms with Crippen LogP contribution < -0.4 is 31.4 Å². The number of hydrogen-bond donors (Lipinski definition) is 0. The van der Waals surface area contributed by atoms with Gasteiger partial charge in [0.2, 0.25) is 18.1 Å². The molecule has 1 heterocycles. The molecule has 0 bridgehead atoms. The Kier molecular flexibility index (Phi) is 12.2. The van der Waals surface area contributed by atoms with Crippen LogP contribution in [0.4, 0.5) is 87.8 Å². The second kappa shape index (κ2) is 16.8. The molecule has 0 aliphatic heterocycles. The van der Waals surface area contributed by atoms with Crippen LogP contribution in [0.5, 0.6) is 5.75 Å². The molecular formula is C40H14BF20NO. The average molecular weight is 915 g/mol. The fraction of sp³-hybridized carbons (Fsp3) is 0.0250. The minimum atomic E-state index is -7.22. The first-order valence-corrected chi connectivity index (χ1v) is 16.9. The van der Waals surface area contributed by atoms with Crippen LogP contribution in [0.1, 0.15) is 5.56 Å². The van der Waals surface area contributed by atoms with E-state index in [1.165, 1.54) is 10.9 Å². The van der Waals surface area contributed by atoms with E-state index in [1.54, 1.807) is 4.73 Å². The summed E-state index contributed by atoms with van der Waals surface area (Å²) in [5, 5.41) is 2.37.